The normalized spacial score (nSPS) is 12.5. The lowest BCUT2D eigenvalue weighted by Crippen LogP contribution is -2.30. The van der Waals surface area contributed by atoms with Crippen LogP contribution in [0.5, 0.6) is 0 Å². The van der Waals surface area contributed by atoms with Crippen LogP contribution in [0.2, 0.25) is 0 Å². The van der Waals surface area contributed by atoms with Gasteiger partial charge < -0.3 is 14.2 Å². The average molecular weight is 1130 g/mol. The third-order valence-electron chi connectivity index (χ3n) is 15.7. The number of carbonyl (C=O) groups excluding carboxylic acids is 3. The minimum Gasteiger partial charge on any atom is -0.462 e. The zero-order chi connectivity index (χ0) is 58.5. The molecule has 0 aliphatic heterocycles. The van der Waals surface area contributed by atoms with E-state index in [1.54, 1.807) is 0 Å². The van der Waals surface area contributed by atoms with Crippen molar-refractivity contribution in [2.45, 2.75) is 374 Å². The van der Waals surface area contributed by atoms with Gasteiger partial charge in [-0.15, -0.1) is 0 Å². The summed E-state index contributed by atoms with van der Waals surface area (Å²) in [5, 5.41) is 0. The fourth-order valence-electron chi connectivity index (χ4n) is 10.4. The molecule has 470 valence electrons. The van der Waals surface area contributed by atoms with Crippen molar-refractivity contribution in [1.82, 2.24) is 0 Å². The van der Waals surface area contributed by atoms with Crippen molar-refractivity contribution in [3.63, 3.8) is 0 Å². The molecule has 0 bridgehead atoms. The van der Waals surface area contributed by atoms with Crippen LogP contribution in [0.1, 0.15) is 367 Å². The van der Waals surface area contributed by atoms with Gasteiger partial charge in [-0.3, -0.25) is 14.4 Å². The van der Waals surface area contributed by atoms with Gasteiger partial charge in [0.15, 0.2) is 6.10 Å². The van der Waals surface area contributed by atoms with Crippen LogP contribution in [0.25, 0.3) is 0 Å². The quantitative estimate of drug-likeness (QED) is 0.0261. The maximum atomic E-state index is 12.9. The number of unbranched alkanes of at least 4 members (excludes halogenated alkanes) is 42. The van der Waals surface area contributed by atoms with Crippen molar-refractivity contribution in [2.24, 2.45) is 0 Å². The Morgan fingerprint density at radius 1 is 0.259 bits per heavy atom. The highest BCUT2D eigenvalue weighted by molar-refractivity contribution is 5.71. The van der Waals surface area contributed by atoms with E-state index in [9.17, 15) is 14.4 Å². The molecule has 0 rings (SSSR count). The first-order chi connectivity index (χ1) is 40.0. The third-order valence-corrected chi connectivity index (χ3v) is 15.7. The van der Waals surface area contributed by atoms with Crippen LogP contribution >= 0.6 is 0 Å². The first-order valence-electron chi connectivity index (χ1n) is 35.4. The highest BCUT2D eigenvalue weighted by Crippen LogP contribution is 2.18. The average Bonchev–Trinajstić information content (AvgIpc) is 3.47. The molecule has 0 aromatic rings. The summed E-state index contributed by atoms with van der Waals surface area (Å²) >= 11 is 0. The monoisotopic (exact) mass is 1130 g/mol. The zero-order valence-corrected chi connectivity index (χ0v) is 54.1. The van der Waals surface area contributed by atoms with Crippen LogP contribution in [-0.4, -0.2) is 37.2 Å². The molecule has 0 N–H and O–H groups in total. The number of hydrogen-bond acceptors (Lipinski definition) is 6. The van der Waals surface area contributed by atoms with Gasteiger partial charge in [0.05, 0.1) is 0 Å². The van der Waals surface area contributed by atoms with Crippen LogP contribution in [-0.2, 0) is 28.6 Å². The molecule has 0 aliphatic rings. The molecule has 0 saturated carbocycles. The van der Waals surface area contributed by atoms with Crippen LogP contribution < -0.4 is 0 Å². The molecule has 81 heavy (non-hydrogen) atoms. The number of ether oxygens (including phenoxy) is 3. The SMILES string of the molecule is CC/C=C\C/C=C\C/C=C\C/C=C\CCCCCCCCCCCCCCCCCCCCCCCCC(=O)OCC(COC(=O)CCCCCCCCCCCCCCCC)OC(=O)CCCCCCC/C=C\C/C=C\CCCC. The Labute approximate surface area is 503 Å². The van der Waals surface area contributed by atoms with Crippen molar-refractivity contribution in [2.75, 3.05) is 13.2 Å². The highest BCUT2D eigenvalue weighted by atomic mass is 16.6. The Morgan fingerprint density at radius 2 is 0.494 bits per heavy atom. The Bertz CT molecular complexity index is 1490. The number of allylic oxidation sites excluding steroid dienone is 12. The third kappa shape index (κ3) is 67.5. The van der Waals surface area contributed by atoms with E-state index in [2.05, 4.69) is 93.7 Å². The number of hydrogen-bond donors (Lipinski definition) is 0. The van der Waals surface area contributed by atoms with Gasteiger partial charge in [0.1, 0.15) is 13.2 Å². The summed E-state index contributed by atoms with van der Waals surface area (Å²) in [7, 11) is 0. The first-order valence-corrected chi connectivity index (χ1v) is 35.4. The molecule has 0 heterocycles. The summed E-state index contributed by atoms with van der Waals surface area (Å²) in [6, 6.07) is 0. The van der Waals surface area contributed by atoms with Crippen LogP contribution in [0.4, 0.5) is 0 Å². The lowest BCUT2D eigenvalue weighted by Gasteiger charge is -2.18. The van der Waals surface area contributed by atoms with Gasteiger partial charge >= 0.3 is 17.9 Å². The van der Waals surface area contributed by atoms with Gasteiger partial charge in [-0.2, -0.15) is 0 Å². The molecule has 0 radical (unpaired) electrons. The van der Waals surface area contributed by atoms with Gasteiger partial charge in [-0.1, -0.05) is 338 Å². The molecule has 0 spiro atoms. The molecule has 0 aliphatic carbocycles. The predicted molar refractivity (Wildman–Crippen MR) is 353 cm³/mol. The maximum Gasteiger partial charge on any atom is 0.306 e. The van der Waals surface area contributed by atoms with E-state index in [0.29, 0.717) is 19.3 Å². The van der Waals surface area contributed by atoms with Gasteiger partial charge in [0.25, 0.3) is 0 Å². The fourth-order valence-corrected chi connectivity index (χ4v) is 10.4. The van der Waals surface area contributed by atoms with E-state index in [1.807, 2.05) is 0 Å². The van der Waals surface area contributed by atoms with E-state index in [1.165, 1.54) is 218 Å². The van der Waals surface area contributed by atoms with E-state index in [0.717, 1.165) is 109 Å². The summed E-state index contributed by atoms with van der Waals surface area (Å²) in [5.41, 5.74) is 0. The molecule has 0 aromatic carbocycles. The fraction of sp³-hybridized carbons (Fsp3) is 0.800. The van der Waals surface area contributed by atoms with Crippen LogP contribution in [0.15, 0.2) is 72.9 Å². The van der Waals surface area contributed by atoms with Gasteiger partial charge in [0.2, 0.25) is 0 Å². The first kappa shape index (κ1) is 77.9. The standard InChI is InChI=1S/C75H134O6/c1-4-7-10-13-16-19-22-25-28-29-30-31-32-33-34-35-36-37-38-39-40-41-42-43-44-45-46-47-48-51-53-56-59-62-65-68-74(77)80-71-72(81-75(78)69-66-63-60-57-54-50-27-24-21-18-15-12-9-6-3)70-79-73(76)67-64-61-58-55-52-49-26-23-20-17-14-11-8-5-2/h7,10,15-16,18-19,24-25,27-28,30-31,72H,4-6,8-9,11-14,17,20-23,26,29,32-71H2,1-3H3/b10-7-,18-15-,19-16-,27-24-,28-25-,31-30-. The molecule has 6 nitrogen and oxygen atoms in total. The molecule has 0 amide bonds. The Morgan fingerprint density at radius 3 is 0.790 bits per heavy atom. The van der Waals surface area contributed by atoms with Crippen LogP contribution in [0, 0.1) is 0 Å². The summed E-state index contributed by atoms with van der Waals surface area (Å²) in [4.78, 5) is 38.3. The largest absolute Gasteiger partial charge is 0.462 e. The number of carbonyl (C=O) groups is 3. The molecule has 6 heteroatoms. The maximum absolute atomic E-state index is 12.9. The number of esters is 3. The van der Waals surface area contributed by atoms with Crippen LogP contribution in [0.3, 0.4) is 0 Å². The second-order valence-electron chi connectivity index (χ2n) is 23.8. The Hall–Kier alpha value is -3.15. The van der Waals surface area contributed by atoms with E-state index in [4.69, 9.17) is 14.2 Å². The second kappa shape index (κ2) is 69.3. The van der Waals surface area contributed by atoms with Crippen molar-refractivity contribution >= 4 is 17.9 Å². The summed E-state index contributed by atoms with van der Waals surface area (Å²) in [6.45, 7) is 6.53. The van der Waals surface area contributed by atoms with Crippen molar-refractivity contribution < 1.29 is 28.6 Å². The molecular weight excluding hydrogens is 997 g/mol. The lowest BCUT2D eigenvalue weighted by molar-refractivity contribution is -0.167. The van der Waals surface area contributed by atoms with Gasteiger partial charge in [-0.25, -0.2) is 0 Å². The number of rotatable bonds is 65. The van der Waals surface area contributed by atoms with Crippen molar-refractivity contribution in [3.8, 4) is 0 Å². The van der Waals surface area contributed by atoms with E-state index < -0.39 is 6.10 Å². The van der Waals surface area contributed by atoms with Gasteiger partial charge in [0, 0.05) is 19.3 Å². The minimum atomic E-state index is -0.779. The second-order valence-corrected chi connectivity index (χ2v) is 23.8. The summed E-state index contributed by atoms with van der Waals surface area (Å²) in [6.07, 6.45) is 90.9. The van der Waals surface area contributed by atoms with Gasteiger partial charge in [-0.05, 0) is 83.5 Å². The Kier molecular flexibility index (Phi) is 66.6. The Balaban J connectivity index is 4.07. The van der Waals surface area contributed by atoms with Crippen molar-refractivity contribution in [3.05, 3.63) is 72.9 Å². The minimum absolute atomic E-state index is 0.0746. The molecule has 0 saturated heterocycles. The molecule has 1 atom stereocenters. The topological polar surface area (TPSA) is 78.9 Å². The molecule has 1 unspecified atom stereocenters. The summed E-state index contributed by atoms with van der Waals surface area (Å²) in [5.74, 6) is -0.866. The molecule has 0 fully saturated rings. The smallest absolute Gasteiger partial charge is 0.306 e. The predicted octanol–water partition coefficient (Wildman–Crippen LogP) is 24.4. The molecular formula is C75H134O6. The van der Waals surface area contributed by atoms with E-state index in [-0.39, 0.29) is 31.1 Å². The summed E-state index contributed by atoms with van der Waals surface area (Å²) < 4.78 is 16.9. The van der Waals surface area contributed by atoms with Crippen molar-refractivity contribution in [1.29, 1.82) is 0 Å². The molecule has 0 aromatic heterocycles. The highest BCUT2D eigenvalue weighted by Gasteiger charge is 2.19. The van der Waals surface area contributed by atoms with E-state index >= 15 is 0 Å². The zero-order valence-electron chi connectivity index (χ0n) is 54.1. The lowest BCUT2D eigenvalue weighted by atomic mass is 10.0.